The predicted octanol–water partition coefficient (Wildman–Crippen LogP) is 3.84. The van der Waals surface area contributed by atoms with E-state index in [-0.39, 0.29) is 18.4 Å². The summed E-state index contributed by atoms with van der Waals surface area (Å²) >= 11 is 0. The highest BCUT2D eigenvalue weighted by Crippen LogP contribution is 2.42. The van der Waals surface area contributed by atoms with Crippen molar-refractivity contribution < 1.29 is 23.5 Å². The van der Waals surface area contributed by atoms with E-state index in [4.69, 9.17) is 9.47 Å². The Labute approximate surface area is 163 Å². The zero-order chi connectivity index (χ0) is 19.5. The summed E-state index contributed by atoms with van der Waals surface area (Å²) < 4.78 is 25.3. The Hall–Kier alpha value is -2.89. The summed E-state index contributed by atoms with van der Waals surface area (Å²) in [6.45, 7) is 0.965. The maximum atomic E-state index is 14.5. The summed E-state index contributed by atoms with van der Waals surface area (Å²) in [6, 6.07) is 18.0. The zero-order valence-electron chi connectivity index (χ0n) is 15.4. The van der Waals surface area contributed by atoms with E-state index in [9.17, 15) is 14.0 Å². The molecule has 1 saturated heterocycles. The van der Waals surface area contributed by atoms with E-state index in [0.29, 0.717) is 25.1 Å². The van der Waals surface area contributed by atoms with Crippen molar-refractivity contribution in [2.75, 3.05) is 13.1 Å². The minimum absolute atomic E-state index is 0.0205. The predicted molar refractivity (Wildman–Crippen MR) is 100 cm³/mol. The van der Waals surface area contributed by atoms with Crippen LogP contribution in [0.2, 0.25) is 0 Å². The molecule has 0 radical (unpaired) electrons. The van der Waals surface area contributed by atoms with Gasteiger partial charge in [-0.25, -0.2) is 14.0 Å². The number of nitrogens with zero attached hydrogens (tertiary/aromatic N) is 1. The average molecular weight is 383 g/mol. The van der Waals surface area contributed by atoms with Gasteiger partial charge in [-0.3, -0.25) is 0 Å². The number of ether oxygens (including phenoxy) is 2. The van der Waals surface area contributed by atoms with Crippen LogP contribution in [0.1, 0.15) is 22.3 Å². The number of halogens is 1. The number of hydrogen-bond donors (Lipinski definition) is 0. The number of fused-ring (bicyclic) bond motifs is 1. The number of likely N-dealkylation sites (tertiary alicyclic amines) is 1. The Morgan fingerprint density at radius 2 is 1.68 bits per heavy atom. The third kappa shape index (κ3) is 3.86. The van der Waals surface area contributed by atoms with Gasteiger partial charge in [0.05, 0.1) is 5.56 Å². The van der Waals surface area contributed by atoms with E-state index in [0.717, 1.165) is 5.56 Å². The van der Waals surface area contributed by atoms with Gasteiger partial charge in [0.25, 0.3) is 0 Å². The number of hydrogen-bond acceptors (Lipinski definition) is 4. The number of rotatable bonds is 4. The number of carbonyl (C=O) groups is 2. The molecule has 0 unspecified atom stereocenters. The van der Waals surface area contributed by atoms with Crippen LogP contribution >= 0.6 is 0 Å². The minimum atomic E-state index is -1.20. The first kappa shape index (κ1) is 18.5. The second-order valence-electron chi connectivity index (χ2n) is 7.36. The van der Waals surface area contributed by atoms with Crippen LogP contribution in [-0.2, 0) is 16.1 Å². The molecule has 0 aromatic heterocycles. The van der Waals surface area contributed by atoms with Crippen LogP contribution in [0.5, 0.6) is 0 Å². The van der Waals surface area contributed by atoms with Gasteiger partial charge in [-0.15, -0.1) is 0 Å². The van der Waals surface area contributed by atoms with Crippen LogP contribution in [0.15, 0.2) is 60.7 Å². The van der Waals surface area contributed by atoms with Crippen molar-refractivity contribution in [3.63, 3.8) is 0 Å². The fourth-order valence-corrected chi connectivity index (χ4v) is 4.10. The first-order valence-corrected chi connectivity index (χ1v) is 9.47. The lowest BCUT2D eigenvalue weighted by atomic mass is 9.99. The second-order valence-corrected chi connectivity index (χ2v) is 7.36. The lowest BCUT2D eigenvalue weighted by Gasteiger charge is -2.22. The molecule has 4 rings (SSSR count). The Kier molecular flexibility index (Phi) is 5.28. The van der Waals surface area contributed by atoms with Gasteiger partial charge in [0, 0.05) is 19.0 Å². The van der Waals surface area contributed by atoms with Gasteiger partial charge in [0.15, 0.2) is 0 Å². The van der Waals surface area contributed by atoms with Crippen molar-refractivity contribution >= 4 is 12.1 Å². The van der Waals surface area contributed by atoms with E-state index in [1.807, 2.05) is 30.3 Å². The van der Waals surface area contributed by atoms with Crippen molar-refractivity contribution in [1.82, 2.24) is 4.90 Å². The van der Waals surface area contributed by atoms with Gasteiger partial charge in [0.1, 0.15) is 18.9 Å². The molecule has 6 heteroatoms. The maximum Gasteiger partial charge on any atom is 0.410 e. The van der Waals surface area contributed by atoms with E-state index >= 15 is 0 Å². The molecule has 1 heterocycles. The first-order chi connectivity index (χ1) is 13.6. The molecular formula is C22H22FNO4. The van der Waals surface area contributed by atoms with E-state index in [2.05, 4.69) is 0 Å². The van der Waals surface area contributed by atoms with Crippen LogP contribution < -0.4 is 0 Å². The summed E-state index contributed by atoms with van der Waals surface area (Å²) in [4.78, 5) is 26.3. The first-order valence-electron chi connectivity index (χ1n) is 9.47. The molecule has 0 N–H and O–H groups in total. The molecule has 0 bridgehead atoms. The fraction of sp³-hybridized carbons (Fsp3) is 0.364. The van der Waals surface area contributed by atoms with Crippen molar-refractivity contribution in [3.8, 4) is 0 Å². The van der Waals surface area contributed by atoms with Crippen LogP contribution in [-0.4, -0.2) is 42.3 Å². The molecule has 1 aliphatic carbocycles. The SMILES string of the molecule is O=C(O[C@H]1[C@@H]2CN(C(=O)OCc3ccccc3)C[C@@H]2C[C@H]1F)c1ccccc1. The standard InChI is InChI=1S/C22H22FNO4/c23-19-11-17-12-24(22(26)27-14-15-7-3-1-4-8-15)13-18(17)20(19)28-21(25)16-9-5-2-6-10-16/h1-10,17-20H,11-14H2/t17-,18+,19+,20-/m0/s1. The third-order valence-electron chi connectivity index (χ3n) is 5.51. The Morgan fingerprint density at radius 3 is 2.39 bits per heavy atom. The van der Waals surface area contributed by atoms with Crippen LogP contribution in [0.4, 0.5) is 9.18 Å². The van der Waals surface area contributed by atoms with Crippen LogP contribution in [0.25, 0.3) is 0 Å². The summed E-state index contributed by atoms with van der Waals surface area (Å²) in [5, 5.41) is 0. The third-order valence-corrected chi connectivity index (χ3v) is 5.51. The molecule has 4 atom stereocenters. The summed E-state index contributed by atoms with van der Waals surface area (Å²) in [5.74, 6) is -0.751. The highest BCUT2D eigenvalue weighted by atomic mass is 19.1. The smallest absolute Gasteiger partial charge is 0.410 e. The quantitative estimate of drug-likeness (QED) is 0.753. The molecule has 2 aromatic rings. The Morgan fingerprint density at radius 1 is 1.00 bits per heavy atom. The van der Waals surface area contributed by atoms with Crippen molar-refractivity contribution in [2.45, 2.75) is 25.3 Å². The average Bonchev–Trinajstić information content (AvgIpc) is 3.26. The topological polar surface area (TPSA) is 55.8 Å². The molecule has 2 aliphatic rings. The number of benzene rings is 2. The summed E-state index contributed by atoms with van der Waals surface area (Å²) in [6.07, 6.45) is -2.16. The van der Waals surface area contributed by atoms with Crippen molar-refractivity contribution in [3.05, 3.63) is 71.8 Å². The van der Waals surface area contributed by atoms with Gasteiger partial charge in [-0.2, -0.15) is 0 Å². The van der Waals surface area contributed by atoms with E-state index in [1.54, 1.807) is 35.2 Å². The van der Waals surface area contributed by atoms with Gasteiger partial charge in [-0.1, -0.05) is 48.5 Å². The molecule has 0 spiro atoms. The van der Waals surface area contributed by atoms with Crippen molar-refractivity contribution in [1.29, 1.82) is 0 Å². The monoisotopic (exact) mass is 383 g/mol. The van der Waals surface area contributed by atoms with Gasteiger partial charge in [-0.05, 0) is 30.0 Å². The summed E-state index contributed by atoms with van der Waals surface area (Å²) in [5.41, 5.74) is 1.31. The van der Waals surface area contributed by atoms with Gasteiger partial charge < -0.3 is 14.4 Å². The second kappa shape index (κ2) is 8.00. The van der Waals surface area contributed by atoms with Gasteiger partial charge >= 0.3 is 12.1 Å². The van der Waals surface area contributed by atoms with Crippen LogP contribution in [0, 0.1) is 11.8 Å². The van der Waals surface area contributed by atoms with E-state index in [1.165, 1.54) is 0 Å². The Bertz CT molecular complexity index is 829. The molecule has 146 valence electrons. The molecule has 1 aliphatic heterocycles. The minimum Gasteiger partial charge on any atom is -0.455 e. The molecule has 28 heavy (non-hydrogen) atoms. The maximum absolute atomic E-state index is 14.5. The summed E-state index contributed by atoms with van der Waals surface area (Å²) in [7, 11) is 0. The number of esters is 1. The molecule has 5 nitrogen and oxygen atoms in total. The normalized spacial score (nSPS) is 26.0. The molecular weight excluding hydrogens is 361 g/mol. The Balaban J connectivity index is 1.35. The largest absolute Gasteiger partial charge is 0.455 e. The van der Waals surface area contributed by atoms with E-state index < -0.39 is 24.3 Å². The highest BCUT2D eigenvalue weighted by Gasteiger charge is 2.51. The lowest BCUT2D eigenvalue weighted by molar-refractivity contribution is -0.000525. The highest BCUT2D eigenvalue weighted by molar-refractivity contribution is 5.89. The van der Waals surface area contributed by atoms with Gasteiger partial charge in [0.2, 0.25) is 0 Å². The number of alkyl halides is 1. The molecule has 2 aromatic carbocycles. The molecule has 1 amide bonds. The molecule has 1 saturated carbocycles. The number of amides is 1. The number of carbonyl (C=O) groups excluding carboxylic acids is 2. The molecule has 2 fully saturated rings. The van der Waals surface area contributed by atoms with Crippen LogP contribution in [0.3, 0.4) is 0 Å². The lowest BCUT2D eigenvalue weighted by Crippen LogP contribution is -2.35. The fourth-order valence-electron chi connectivity index (χ4n) is 4.10. The zero-order valence-corrected chi connectivity index (χ0v) is 15.4. The van der Waals surface area contributed by atoms with Crippen molar-refractivity contribution in [2.24, 2.45) is 11.8 Å².